The van der Waals surface area contributed by atoms with E-state index in [-0.39, 0.29) is 12.3 Å². The van der Waals surface area contributed by atoms with Gasteiger partial charge in [-0.3, -0.25) is 4.79 Å². The van der Waals surface area contributed by atoms with Crippen molar-refractivity contribution in [2.45, 2.75) is 45.4 Å². The number of carboxylic acids is 1. The van der Waals surface area contributed by atoms with Crippen LogP contribution in [0.5, 0.6) is 5.75 Å². The number of ether oxygens (including phenoxy) is 1. The van der Waals surface area contributed by atoms with Crippen LogP contribution >= 0.6 is 0 Å². The van der Waals surface area contributed by atoms with Crippen LogP contribution in [0.2, 0.25) is 0 Å². The number of hydrogen-bond acceptors (Lipinski definition) is 5. The molecule has 0 saturated carbocycles. The standard InChI is InChI=1S/C25H28N2O4/c1-15-4-5-19(13-23(15)26-3)25-27-22(16(2)31-25)10-11-30-20-8-9-21-17(12-20)6-7-18(21)14-24(28)29/h4-5,8-9,12-13,18,26H,6-7,10-11,14H2,1-3H3,(H,28,29)/t18-/m0/s1. The van der Waals surface area contributed by atoms with E-state index in [2.05, 4.69) is 23.3 Å². The van der Waals surface area contributed by atoms with Gasteiger partial charge in [0.15, 0.2) is 0 Å². The van der Waals surface area contributed by atoms with Crippen molar-refractivity contribution in [3.05, 3.63) is 64.5 Å². The van der Waals surface area contributed by atoms with Crippen molar-refractivity contribution in [1.82, 2.24) is 4.98 Å². The number of hydrogen-bond donors (Lipinski definition) is 2. The van der Waals surface area contributed by atoms with Crippen molar-refractivity contribution in [3.8, 4) is 17.2 Å². The van der Waals surface area contributed by atoms with Crippen LogP contribution < -0.4 is 10.1 Å². The average molecular weight is 421 g/mol. The molecule has 6 nitrogen and oxygen atoms in total. The van der Waals surface area contributed by atoms with E-state index in [0.29, 0.717) is 18.9 Å². The zero-order valence-corrected chi connectivity index (χ0v) is 18.2. The summed E-state index contributed by atoms with van der Waals surface area (Å²) in [5, 5.41) is 12.3. The Morgan fingerprint density at radius 1 is 1.26 bits per heavy atom. The topological polar surface area (TPSA) is 84.6 Å². The molecular weight excluding hydrogens is 392 g/mol. The number of oxazole rings is 1. The molecule has 162 valence electrons. The van der Waals surface area contributed by atoms with E-state index in [1.807, 2.05) is 44.3 Å². The summed E-state index contributed by atoms with van der Waals surface area (Å²) in [5.41, 5.74) is 6.41. The SMILES string of the molecule is CNc1cc(-c2nc(CCOc3ccc4c(c3)CC[C@H]4CC(=O)O)c(C)o2)ccc1C. The van der Waals surface area contributed by atoms with E-state index in [9.17, 15) is 4.79 Å². The van der Waals surface area contributed by atoms with E-state index in [4.69, 9.17) is 14.3 Å². The van der Waals surface area contributed by atoms with Crippen LogP contribution in [-0.2, 0) is 17.6 Å². The lowest BCUT2D eigenvalue weighted by atomic mass is 9.98. The monoisotopic (exact) mass is 420 g/mol. The van der Waals surface area contributed by atoms with E-state index < -0.39 is 5.97 Å². The van der Waals surface area contributed by atoms with Crippen molar-refractivity contribution in [2.75, 3.05) is 19.0 Å². The molecule has 2 aromatic carbocycles. The predicted octanol–water partition coefficient (Wildman–Crippen LogP) is 5.13. The molecule has 2 N–H and O–H groups in total. The molecule has 0 bridgehead atoms. The highest BCUT2D eigenvalue weighted by Gasteiger charge is 2.25. The van der Waals surface area contributed by atoms with Gasteiger partial charge < -0.3 is 19.6 Å². The molecule has 0 spiro atoms. The summed E-state index contributed by atoms with van der Waals surface area (Å²) in [6.45, 7) is 4.49. The molecule has 1 aromatic heterocycles. The maximum Gasteiger partial charge on any atom is 0.303 e. The van der Waals surface area contributed by atoms with Gasteiger partial charge in [-0.05, 0) is 73.6 Å². The lowest BCUT2D eigenvalue weighted by Gasteiger charge is -2.10. The highest BCUT2D eigenvalue weighted by molar-refractivity contribution is 5.68. The number of benzene rings is 2. The lowest BCUT2D eigenvalue weighted by Crippen LogP contribution is -2.04. The fourth-order valence-corrected chi connectivity index (χ4v) is 4.27. The number of aromatic nitrogens is 1. The lowest BCUT2D eigenvalue weighted by molar-refractivity contribution is -0.137. The molecule has 0 fully saturated rings. The Kier molecular flexibility index (Phi) is 5.98. The number of nitrogens with zero attached hydrogens (tertiary/aromatic N) is 1. The molecule has 4 rings (SSSR count). The van der Waals surface area contributed by atoms with Gasteiger partial charge in [0.1, 0.15) is 11.5 Å². The maximum atomic E-state index is 11.0. The van der Waals surface area contributed by atoms with E-state index in [0.717, 1.165) is 46.9 Å². The first-order valence-electron chi connectivity index (χ1n) is 10.7. The first kappa shape index (κ1) is 21.0. The molecule has 0 unspecified atom stereocenters. The second-order valence-corrected chi connectivity index (χ2v) is 8.09. The van der Waals surface area contributed by atoms with E-state index in [1.165, 1.54) is 11.1 Å². The number of carboxylic acid groups (broad SMARTS) is 1. The van der Waals surface area contributed by atoms with Crippen molar-refractivity contribution < 1.29 is 19.1 Å². The number of nitrogens with one attached hydrogen (secondary N) is 1. The third-order valence-corrected chi connectivity index (χ3v) is 5.99. The number of fused-ring (bicyclic) bond motifs is 1. The summed E-state index contributed by atoms with van der Waals surface area (Å²) in [6, 6.07) is 12.1. The van der Waals surface area contributed by atoms with Crippen LogP contribution in [0.1, 0.15) is 46.9 Å². The number of rotatable bonds is 8. The van der Waals surface area contributed by atoms with Gasteiger partial charge in [0.25, 0.3) is 0 Å². The van der Waals surface area contributed by atoms with Crippen LogP contribution in [0.25, 0.3) is 11.5 Å². The number of aliphatic carboxylic acids is 1. The molecule has 1 aliphatic rings. The van der Waals surface area contributed by atoms with Gasteiger partial charge in [0.2, 0.25) is 5.89 Å². The number of aryl methyl sites for hydroxylation is 3. The molecule has 0 aliphatic heterocycles. The first-order valence-corrected chi connectivity index (χ1v) is 10.7. The zero-order chi connectivity index (χ0) is 22.0. The molecule has 1 atom stereocenters. The molecule has 0 amide bonds. The Morgan fingerprint density at radius 2 is 2.10 bits per heavy atom. The summed E-state index contributed by atoms with van der Waals surface area (Å²) < 4.78 is 11.9. The second kappa shape index (κ2) is 8.84. The van der Waals surface area contributed by atoms with Gasteiger partial charge in [-0.15, -0.1) is 0 Å². The van der Waals surface area contributed by atoms with Gasteiger partial charge >= 0.3 is 5.97 Å². The summed E-state index contributed by atoms with van der Waals surface area (Å²) in [4.78, 5) is 15.7. The fourth-order valence-electron chi connectivity index (χ4n) is 4.27. The summed E-state index contributed by atoms with van der Waals surface area (Å²) in [7, 11) is 1.90. The van der Waals surface area contributed by atoms with Gasteiger partial charge in [0.05, 0.1) is 18.7 Å². The maximum absolute atomic E-state index is 11.0. The third kappa shape index (κ3) is 4.58. The minimum Gasteiger partial charge on any atom is -0.493 e. The van der Waals surface area contributed by atoms with Gasteiger partial charge in [-0.25, -0.2) is 4.98 Å². The van der Waals surface area contributed by atoms with Crippen LogP contribution in [-0.4, -0.2) is 29.7 Å². The molecular formula is C25H28N2O4. The van der Waals surface area contributed by atoms with Crippen LogP contribution in [0.4, 0.5) is 5.69 Å². The Bertz CT molecular complexity index is 1100. The Hall–Kier alpha value is -3.28. The van der Waals surface area contributed by atoms with E-state index in [1.54, 1.807) is 0 Å². The highest BCUT2D eigenvalue weighted by atomic mass is 16.5. The zero-order valence-electron chi connectivity index (χ0n) is 18.2. The van der Waals surface area contributed by atoms with Crippen LogP contribution in [0.3, 0.4) is 0 Å². The normalized spacial score (nSPS) is 15.0. The number of carbonyl (C=O) groups is 1. The largest absolute Gasteiger partial charge is 0.493 e. The third-order valence-electron chi connectivity index (χ3n) is 5.99. The highest BCUT2D eigenvalue weighted by Crippen LogP contribution is 2.37. The number of anilines is 1. The average Bonchev–Trinajstić information content (AvgIpc) is 3.31. The van der Waals surface area contributed by atoms with Gasteiger partial charge in [-0.2, -0.15) is 0 Å². The smallest absolute Gasteiger partial charge is 0.303 e. The fraction of sp³-hybridized carbons (Fsp3) is 0.360. The quantitative estimate of drug-likeness (QED) is 0.526. The molecule has 1 aliphatic carbocycles. The second-order valence-electron chi connectivity index (χ2n) is 8.09. The first-order chi connectivity index (χ1) is 14.9. The molecule has 3 aromatic rings. The van der Waals surface area contributed by atoms with Gasteiger partial charge in [0, 0.05) is 24.7 Å². The molecule has 0 saturated heterocycles. The summed E-state index contributed by atoms with van der Waals surface area (Å²) in [6.07, 6.45) is 2.64. The minimum atomic E-state index is -0.742. The van der Waals surface area contributed by atoms with Crippen molar-refractivity contribution in [2.24, 2.45) is 0 Å². The Balaban J connectivity index is 1.39. The van der Waals surface area contributed by atoms with Crippen molar-refractivity contribution in [3.63, 3.8) is 0 Å². The minimum absolute atomic E-state index is 0.114. The van der Waals surface area contributed by atoms with Crippen molar-refractivity contribution in [1.29, 1.82) is 0 Å². The Morgan fingerprint density at radius 3 is 2.87 bits per heavy atom. The predicted molar refractivity (Wildman–Crippen MR) is 120 cm³/mol. The summed E-state index contributed by atoms with van der Waals surface area (Å²) >= 11 is 0. The molecule has 31 heavy (non-hydrogen) atoms. The van der Waals surface area contributed by atoms with Crippen LogP contribution in [0.15, 0.2) is 40.8 Å². The van der Waals surface area contributed by atoms with Crippen molar-refractivity contribution >= 4 is 11.7 Å². The van der Waals surface area contributed by atoms with Crippen LogP contribution in [0, 0.1) is 13.8 Å². The molecule has 6 heteroatoms. The molecule has 1 heterocycles. The molecule has 0 radical (unpaired) electrons. The van der Waals surface area contributed by atoms with Gasteiger partial charge in [-0.1, -0.05) is 12.1 Å². The van der Waals surface area contributed by atoms with E-state index >= 15 is 0 Å². The summed E-state index contributed by atoms with van der Waals surface area (Å²) in [5.74, 6) is 1.60. The Labute approximate surface area is 182 Å².